The summed E-state index contributed by atoms with van der Waals surface area (Å²) in [6.07, 6.45) is 4.53. The Balaban J connectivity index is 1.99. The van der Waals surface area contributed by atoms with Gasteiger partial charge in [-0.15, -0.1) is 0 Å². The average Bonchev–Trinajstić information content (AvgIpc) is 2.39. The number of hydrogen-bond acceptors (Lipinski definition) is 4. The summed E-state index contributed by atoms with van der Waals surface area (Å²) in [5.41, 5.74) is 0.666. The van der Waals surface area contributed by atoms with Crippen molar-refractivity contribution in [3.05, 3.63) is 24.0 Å². The van der Waals surface area contributed by atoms with Crippen LogP contribution in [0.1, 0.15) is 19.3 Å². The highest BCUT2D eigenvalue weighted by molar-refractivity contribution is 7.92. The molecular weight excluding hydrogens is 281 g/mol. The third-order valence-corrected chi connectivity index (χ3v) is 3.82. The van der Waals surface area contributed by atoms with Gasteiger partial charge in [0.1, 0.15) is 5.82 Å². The monoisotopic (exact) mass is 301 g/mol. The van der Waals surface area contributed by atoms with Crippen molar-refractivity contribution in [2.24, 2.45) is 0 Å². The number of halogens is 1. The van der Waals surface area contributed by atoms with Crippen molar-refractivity contribution in [1.29, 1.82) is 0 Å². The fraction of sp³-hybridized carbons (Fsp3) is 0.538. The lowest BCUT2D eigenvalue weighted by Gasteiger charge is -2.24. The van der Waals surface area contributed by atoms with E-state index < -0.39 is 15.8 Å². The fourth-order valence-corrected chi connectivity index (χ4v) is 2.81. The van der Waals surface area contributed by atoms with Crippen molar-refractivity contribution in [2.75, 3.05) is 29.4 Å². The van der Waals surface area contributed by atoms with Crippen molar-refractivity contribution in [3.8, 4) is 0 Å². The van der Waals surface area contributed by atoms with Gasteiger partial charge in [-0.2, -0.15) is 0 Å². The molecule has 7 heteroatoms. The van der Waals surface area contributed by atoms with E-state index in [-0.39, 0.29) is 5.69 Å². The number of piperidine rings is 1. The summed E-state index contributed by atoms with van der Waals surface area (Å²) in [6.45, 7) is 1.76. The van der Waals surface area contributed by atoms with E-state index in [1.807, 2.05) is 0 Å². The fourth-order valence-electron chi connectivity index (χ4n) is 2.25. The standard InChI is InChI=1S/C13H20FN3O2S/c1-20(18,19)17-13-8-10(5-6-12(13)14)16-9-11-4-2-3-7-15-11/h5-6,8,11,15-17H,2-4,7,9H2,1H3. The molecular formula is C13H20FN3O2S. The smallest absolute Gasteiger partial charge is 0.229 e. The lowest BCUT2D eigenvalue weighted by atomic mass is 10.1. The van der Waals surface area contributed by atoms with Crippen LogP contribution in [0.5, 0.6) is 0 Å². The Bertz CT molecular complexity index is 557. The number of nitrogens with one attached hydrogen (secondary N) is 3. The second kappa shape index (κ2) is 6.41. The Kier molecular flexibility index (Phi) is 4.82. The minimum absolute atomic E-state index is 0.0332. The third-order valence-electron chi connectivity index (χ3n) is 3.23. The highest BCUT2D eigenvalue weighted by Gasteiger charge is 2.13. The van der Waals surface area contributed by atoms with Gasteiger partial charge in [0.25, 0.3) is 0 Å². The second-order valence-electron chi connectivity index (χ2n) is 5.10. The topological polar surface area (TPSA) is 70.2 Å². The predicted octanol–water partition coefficient (Wildman–Crippen LogP) is 1.75. The van der Waals surface area contributed by atoms with Gasteiger partial charge < -0.3 is 10.6 Å². The molecule has 0 spiro atoms. The molecule has 0 aromatic heterocycles. The van der Waals surface area contributed by atoms with Crippen LogP contribution in [0.3, 0.4) is 0 Å². The molecule has 0 aliphatic carbocycles. The van der Waals surface area contributed by atoms with E-state index >= 15 is 0 Å². The molecule has 1 atom stereocenters. The van der Waals surface area contributed by atoms with Crippen LogP contribution in [-0.4, -0.2) is 33.8 Å². The Morgan fingerprint density at radius 1 is 1.40 bits per heavy atom. The summed E-state index contributed by atoms with van der Waals surface area (Å²) in [5.74, 6) is -0.586. The van der Waals surface area contributed by atoms with Crippen molar-refractivity contribution < 1.29 is 12.8 Å². The predicted molar refractivity (Wildman–Crippen MR) is 79.0 cm³/mol. The maximum absolute atomic E-state index is 13.5. The van der Waals surface area contributed by atoms with E-state index in [1.54, 1.807) is 6.07 Å². The Labute approximate surface area is 119 Å². The summed E-state index contributed by atoms with van der Waals surface area (Å²) in [6, 6.07) is 4.73. The highest BCUT2D eigenvalue weighted by Crippen LogP contribution is 2.20. The molecule has 1 aromatic carbocycles. The second-order valence-corrected chi connectivity index (χ2v) is 6.85. The van der Waals surface area contributed by atoms with Gasteiger partial charge in [0.15, 0.2) is 0 Å². The van der Waals surface area contributed by atoms with E-state index in [4.69, 9.17) is 0 Å². The van der Waals surface area contributed by atoms with Gasteiger partial charge in [-0.05, 0) is 37.6 Å². The van der Waals surface area contributed by atoms with Gasteiger partial charge in [0.2, 0.25) is 10.0 Å². The molecule has 0 bridgehead atoms. The SMILES string of the molecule is CS(=O)(=O)Nc1cc(NCC2CCCCN2)ccc1F. The molecule has 1 saturated heterocycles. The quantitative estimate of drug-likeness (QED) is 0.775. The Morgan fingerprint density at radius 2 is 2.20 bits per heavy atom. The molecule has 0 radical (unpaired) electrons. The first kappa shape index (κ1) is 15.1. The number of rotatable bonds is 5. The first-order valence-corrected chi connectivity index (χ1v) is 8.58. The molecule has 20 heavy (non-hydrogen) atoms. The summed E-state index contributed by atoms with van der Waals surface area (Å²) in [5, 5.41) is 6.61. The number of anilines is 2. The highest BCUT2D eigenvalue weighted by atomic mass is 32.2. The van der Waals surface area contributed by atoms with Gasteiger partial charge in [0, 0.05) is 18.3 Å². The zero-order valence-electron chi connectivity index (χ0n) is 11.4. The zero-order valence-corrected chi connectivity index (χ0v) is 12.3. The van der Waals surface area contributed by atoms with Crippen molar-refractivity contribution in [3.63, 3.8) is 0 Å². The van der Waals surface area contributed by atoms with Gasteiger partial charge >= 0.3 is 0 Å². The van der Waals surface area contributed by atoms with Crippen LogP contribution in [0.2, 0.25) is 0 Å². The van der Waals surface area contributed by atoms with Gasteiger partial charge in [-0.3, -0.25) is 4.72 Å². The molecule has 112 valence electrons. The minimum atomic E-state index is -3.48. The normalized spacial score (nSPS) is 19.6. The lowest BCUT2D eigenvalue weighted by molar-refractivity contribution is 0.414. The number of hydrogen-bond donors (Lipinski definition) is 3. The van der Waals surface area contributed by atoms with Gasteiger partial charge in [-0.1, -0.05) is 6.42 Å². The zero-order chi connectivity index (χ0) is 14.6. The van der Waals surface area contributed by atoms with Crippen molar-refractivity contribution in [2.45, 2.75) is 25.3 Å². The van der Waals surface area contributed by atoms with Crippen molar-refractivity contribution in [1.82, 2.24) is 5.32 Å². The van der Waals surface area contributed by atoms with Gasteiger partial charge in [0.05, 0.1) is 11.9 Å². The number of benzene rings is 1. The first-order valence-electron chi connectivity index (χ1n) is 6.69. The summed E-state index contributed by atoms with van der Waals surface area (Å²) in [7, 11) is -3.48. The molecule has 1 unspecified atom stereocenters. The van der Waals surface area contributed by atoms with Crippen LogP contribution in [0.4, 0.5) is 15.8 Å². The maximum Gasteiger partial charge on any atom is 0.229 e. The lowest BCUT2D eigenvalue weighted by Crippen LogP contribution is -2.39. The van der Waals surface area contributed by atoms with Crippen LogP contribution < -0.4 is 15.4 Å². The molecule has 3 N–H and O–H groups in total. The molecule has 5 nitrogen and oxygen atoms in total. The molecule has 1 heterocycles. The summed E-state index contributed by atoms with van der Waals surface area (Å²) >= 11 is 0. The van der Waals surface area contributed by atoms with E-state index in [1.165, 1.54) is 25.0 Å². The maximum atomic E-state index is 13.5. The summed E-state index contributed by atoms with van der Waals surface area (Å²) < 4.78 is 38.0. The average molecular weight is 301 g/mol. The van der Waals surface area contributed by atoms with Crippen LogP contribution in [0, 0.1) is 5.82 Å². The van der Waals surface area contributed by atoms with E-state index in [0.717, 1.165) is 25.8 Å². The minimum Gasteiger partial charge on any atom is -0.383 e. The number of sulfonamides is 1. The third kappa shape index (κ3) is 4.64. The molecule has 0 amide bonds. The van der Waals surface area contributed by atoms with E-state index in [9.17, 15) is 12.8 Å². The van der Waals surface area contributed by atoms with Crippen LogP contribution in [0.25, 0.3) is 0 Å². The first-order chi connectivity index (χ1) is 9.44. The van der Waals surface area contributed by atoms with E-state index in [2.05, 4.69) is 15.4 Å². The Morgan fingerprint density at radius 3 is 2.85 bits per heavy atom. The van der Waals surface area contributed by atoms with Crippen LogP contribution in [0.15, 0.2) is 18.2 Å². The Hall–Kier alpha value is -1.34. The summed E-state index contributed by atoms with van der Waals surface area (Å²) in [4.78, 5) is 0. The van der Waals surface area contributed by atoms with E-state index in [0.29, 0.717) is 11.7 Å². The molecule has 2 rings (SSSR count). The van der Waals surface area contributed by atoms with Gasteiger partial charge in [-0.25, -0.2) is 12.8 Å². The molecule has 1 aliphatic rings. The largest absolute Gasteiger partial charge is 0.383 e. The molecule has 1 aliphatic heterocycles. The van der Waals surface area contributed by atoms with Crippen LogP contribution >= 0.6 is 0 Å². The van der Waals surface area contributed by atoms with Crippen molar-refractivity contribution >= 4 is 21.4 Å². The van der Waals surface area contributed by atoms with Crippen LogP contribution in [-0.2, 0) is 10.0 Å². The molecule has 0 saturated carbocycles. The molecule has 1 fully saturated rings. The molecule has 1 aromatic rings.